The first kappa shape index (κ1) is 26.5. The van der Waals surface area contributed by atoms with E-state index in [-0.39, 0.29) is 42.3 Å². The van der Waals surface area contributed by atoms with Gasteiger partial charge in [-0.25, -0.2) is 14.2 Å². The number of hydrogen-bond donors (Lipinski definition) is 3. The van der Waals surface area contributed by atoms with Crippen molar-refractivity contribution in [3.63, 3.8) is 0 Å². The maximum absolute atomic E-state index is 15.1. The molecule has 1 aromatic carbocycles. The molecule has 2 aliphatic rings. The Kier molecular flexibility index (Phi) is 6.29. The molecule has 3 aromatic rings. The lowest BCUT2D eigenvalue weighted by molar-refractivity contribution is -0.172. The van der Waals surface area contributed by atoms with Crippen molar-refractivity contribution in [1.29, 1.82) is 0 Å². The summed E-state index contributed by atoms with van der Waals surface area (Å²) < 4.78 is 21.7. The Bertz CT molecular complexity index is 1630. The number of esters is 1. The molecule has 0 saturated heterocycles. The predicted octanol–water partition coefficient (Wildman–Crippen LogP) is 2.55. The zero-order valence-electron chi connectivity index (χ0n) is 22.0. The Morgan fingerprint density at radius 3 is 2.59 bits per heavy atom. The molecule has 0 bridgehead atoms. The molecular weight excluding hydrogens is 507 g/mol. The first-order valence-electron chi connectivity index (χ1n) is 12.8. The number of pyridine rings is 2. The number of benzene rings is 1. The van der Waals surface area contributed by atoms with E-state index in [9.17, 15) is 24.3 Å². The first-order chi connectivity index (χ1) is 18.4. The Balaban J connectivity index is 1.54. The van der Waals surface area contributed by atoms with E-state index in [2.05, 4.69) is 10.3 Å². The van der Waals surface area contributed by atoms with E-state index < -0.39 is 46.6 Å². The third kappa shape index (κ3) is 4.08. The molecule has 39 heavy (non-hydrogen) atoms. The Morgan fingerprint density at radius 2 is 1.95 bits per heavy atom. The maximum Gasteiger partial charge on any atom is 0.343 e. The van der Waals surface area contributed by atoms with Crippen molar-refractivity contribution in [2.45, 2.75) is 52.9 Å². The molecule has 11 heteroatoms. The Labute approximate surface area is 223 Å². The Morgan fingerprint density at radius 1 is 1.23 bits per heavy atom. The highest BCUT2D eigenvalue weighted by Gasteiger charge is 2.45. The number of carbonyl (C=O) groups excluding carboxylic acids is 3. The van der Waals surface area contributed by atoms with Gasteiger partial charge in [0.15, 0.2) is 5.60 Å². The summed E-state index contributed by atoms with van der Waals surface area (Å²) in [6.07, 6.45) is 0.0232. The van der Waals surface area contributed by atoms with Gasteiger partial charge in [0.1, 0.15) is 12.4 Å². The van der Waals surface area contributed by atoms with Crippen LogP contribution in [0.2, 0.25) is 0 Å². The summed E-state index contributed by atoms with van der Waals surface area (Å²) in [5.74, 6) is -4.34. The predicted molar refractivity (Wildman–Crippen MR) is 140 cm³/mol. The van der Waals surface area contributed by atoms with Gasteiger partial charge in [-0.3, -0.25) is 14.4 Å². The number of rotatable bonds is 6. The Hall–Kier alpha value is -4.12. The van der Waals surface area contributed by atoms with Crippen LogP contribution in [0.5, 0.6) is 0 Å². The average Bonchev–Trinajstić information content (AvgIpc) is 3.23. The van der Waals surface area contributed by atoms with Crippen LogP contribution < -0.4 is 16.6 Å². The standard InChI is InChI=1S/C28H29FN4O6/c1-5-28(38)17-8-21-23-15(10-33(21)26(36)16(17)11-39-27(28)37)6-14-7-20(18(29)9-19(14)31-23)32-25(35)13(4)22(12(2)3)24(30)34/h6-9,12-13,22,38H,5,10-11H2,1-4H3,(H2,30,34)(H,32,35)/t13-,22?,28-/m0/s1. The molecule has 0 saturated carbocycles. The minimum atomic E-state index is -1.94. The third-order valence-corrected chi connectivity index (χ3v) is 7.85. The summed E-state index contributed by atoms with van der Waals surface area (Å²) in [6, 6.07) is 5.98. The number of ether oxygens (including phenoxy) is 1. The molecule has 5 rings (SSSR count). The lowest BCUT2D eigenvalue weighted by atomic mass is 9.83. The van der Waals surface area contributed by atoms with E-state index in [1.165, 1.54) is 16.7 Å². The number of aromatic nitrogens is 2. The van der Waals surface area contributed by atoms with Crippen LogP contribution in [-0.2, 0) is 37.9 Å². The molecule has 2 amide bonds. The van der Waals surface area contributed by atoms with Crippen LogP contribution in [0, 0.1) is 23.6 Å². The van der Waals surface area contributed by atoms with Crippen molar-refractivity contribution in [2.75, 3.05) is 5.32 Å². The van der Waals surface area contributed by atoms with E-state index in [4.69, 9.17) is 10.5 Å². The van der Waals surface area contributed by atoms with Crippen LogP contribution in [0.1, 0.15) is 50.8 Å². The number of primary amides is 1. The minimum absolute atomic E-state index is 0.0232. The van der Waals surface area contributed by atoms with E-state index in [0.29, 0.717) is 27.9 Å². The van der Waals surface area contributed by atoms with Crippen molar-refractivity contribution < 1.29 is 28.6 Å². The smallest absolute Gasteiger partial charge is 0.343 e. The number of anilines is 1. The molecule has 1 unspecified atom stereocenters. The zero-order valence-corrected chi connectivity index (χ0v) is 22.0. The van der Waals surface area contributed by atoms with Crippen molar-refractivity contribution in [3.8, 4) is 11.4 Å². The zero-order chi connectivity index (χ0) is 28.4. The lowest BCUT2D eigenvalue weighted by Crippen LogP contribution is -2.44. The third-order valence-electron chi connectivity index (χ3n) is 7.85. The number of aliphatic hydroxyl groups is 1. The molecule has 0 spiro atoms. The molecule has 2 aromatic heterocycles. The number of nitrogens with zero attached hydrogens (tertiary/aromatic N) is 2. The number of hydrogen-bond acceptors (Lipinski definition) is 7. The maximum atomic E-state index is 15.1. The molecule has 4 N–H and O–H groups in total. The molecule has 2 aliphatic heterocycles. The number of amides is 2. The van der Waals surface area contributed by atoms with Gasteiger partial charge >= 0.3 is 5.97 Å². The second-order valence-corrected chi connectivity index (χ2v) is 10.6. The van der Waals surface area contributed by atoms with Gasteiger partial charge in [0, 0.05) is 28.5 Å². The molecule has 3 atom stereocenters. The summed E-state index contributed by atoms with van der Waals surface area (Å²) >= 11 is 0. The van der Waals surface area contributed by atoms with E-state index in [0.717, 1.165) is 0 Å². The van der Waals surface area contributed by atoms with Crippen LogP contribution in [0.3, 0.4) is 0 Å². The molecule has 204 valence electrons. The highest BCUT2D eigenvalue weighted by atomic mass is 19.1. The summed E-state index contributed by atoms with van der Waals surface area (Å²) in [5, 5.41) is 14.1. The molecule has 0 radical (unpaired) electrons. The highest BCUT2D eigenvalue weighted by Crippen LogP contribution is 2.39. The van der Waals surface area contributed by atoms with Crippen molar-refractivity contribution in [1.82, 2.24) is 9.55 Å². The number of cyclic esters (lactones) is 1. The molecule has 10 nitrogen and oxygen atoms in total. The number of fused-ring (bicyclic) bond motifs is 5. The summed E-state index contributed by atoms with van der Waals surface area (Å²) in [6.45, 7) is 6.72. The second-order valence-electron chi connectivity index (χ2n) is 10.6. The number of nitrogens with two attached hydrogens (primary N) is 1. The molecule has 0 fully saturated rings. The molecule has 0 aliphatic carbocycles. The average molecular weight is 537 g/mol. The van der Waals surface area contributed by atoms with Gasteiger partial charge in [-0.05, 0) is 30.5 Å². The van der Waals surface area contributed by atoms with Gasteiger partial charge in [0.05, 0.1) is 40.6 Å². The normalized spacial score (nSPS) is 19.2. The summed E-state index contributed by atoms with van der Waals surface area (Å²) in [5.41, 5.74) is 5.29. The quantitative estimate of drug-likeness (QED) is 0.320. The van der Waals surface area contributed by atoms with Crippen molar-refractivity contribution in [2.24, 2.45) is 23.5 Å². The largest absolute Gasteiger partial charge is 0.458 e. The van der Waals surface area contributed by atoms with Gasteiger partial charge in [0.25, 0.3) is 5.56 Å². The van der Waals surface area contributed by atoms with Crippen LogP contribution in [0.25, 0.3) is 22.3 Å². The van der Waals surface area contributed by atoms with E-state index >= 15 is 4.39 Å². The van der Waals surface area contributed by atoms with E-state index in [1.54, 1.807) is 39.8 Å². The van der Waals surface area contributed by atoms with Crippen LogP contribution >= 0.6 is 0 Å². The number of nitrogens with one attached hydrogen (secondary N) is 1. The SMILES string of the molecule is CC[C@@]1(O)C(=O)OCc2c1cc1n(c2=O)Cc2cc3cc(NC(=O)[C@@H](C)C(C(N)=O)C(C)C)c(F)cc3nc2-1. The number of carbonyl (C=O) groups is 3. The minimum Gasteiger partial charge on any atom is -0.458 e. The van der Waals surface area contributed by atoms with Crippen LogP contribution in [0.15, 0.2) is 29.1 Å². The van der Waals surface area contributed by atoms with Gasteiger partial charge in [0.2, 0.25) is 11.8 Å². The first-order valence-corrected chi connectivity index (χ1v) is 12.8. The monoisotopic (exact) mass is 536 g/mol. The fourth-order valence-corrected chi connectivity index (χ4v) is 5.66. The van der Waals surface area contributed by atoms with E-state index in [1.807, 2.05) is 0 Å². The highest BCUT2D eigenvalue weighted by molar-refractivity contribution is 5.98. The van der Waals surface area contributed by atoms with Gasteiger partial charge < -0.3 is 25.5 Å². The van der Waals surface area contributed by atoms with Gasteiger partial charge in [-0.1, -0.05) is 27.7 Å². The number of halogens is 1. The summed E-state index contributed by atoms with van der Waals surface area (Å²) in [7, 11) is 0. The molecule has 4 heterocycles. The van der Waals surface area contributed by atoms with Gasteiger partial charge in [-0.15, -0.1) is 0 Å². The second kappa shape index (κ2) is 9.26. The van der Waals surface area contributed by atoms with Crippen molar-refractivity contribution in [3.05, 3.63) is 57.1 Å². The fourth-order valence-electron chi connectivity index (χ4n) is 5.66. The lowest BCUT2D eigenvalue weighted by Gasteiger charge is -2.31. The van der Waals surface area contributed by atoms with Crippen LogP contribution in [0.4, 0.5) is 10.1 Å². The molecular formula is C28H29FN4O6. The topological polar surface area (TPSA) is 154 Å². The van der Waals surface area contributed by atoms with Crippen LogP contribution in [-0.4, -0.2) is 32.4 Å². The fraction of sp³-hybridized carbons (Fsp3) is 0.393. The summed E-state index contributed by atoms with van der Waals surface area (Å²) in [4.78, 5) is 55.0. The van der Waals surface area contributed by atoms with Crippen molar-refractivity contribution >= 4 is 34.4 Å². The van der Waals surface area contributed by atoms with Gasteiger partial charge in [-0.2, -0.15) is 0 Å².